The summed E-state index contributed by atoms with van der Waals surface area (Å²) in [5, 5.41) is 0. The molecule has 0 aromatic heterocycles. The van der Waals surface area contributed by atoms with Crippen LogP contribution in [0.1, 0.15) is 77.9 Å². The van der Waals surface area contributed by atoms with Crippen molar-refractivity contribution in [3.63, 3.8) is 0 Å². The van der Waals surface area contributed by atoms with Gasteiger partial charge in [-0.05, 0) is 208 Å². The first kappa shape index (κ1) is 82.1. The van der Waals surface area contributed by atoms with Crippen molar-refractivity contribution < 1.29 is 66.3 Å². The van der Waals surface area contributed by atoms with Gasteiger partial charge in [0.1, 0.15) is 173 Å². The van der Waals surface area contributed by atoms with Gasteiger partial charge in [0.25, 0.3) is 0 Å². The van der Waals surface area contributed by atoms with Crippen molar-refractivity contribution in [2.24, 2.45) is 0 Å². The number of hydrogen-bond donors (Lipinski definition) is 0. The average molecular weight is 1820 g/mol. The van der Waals surface area contributed by atoms with Crippen LogP contribution in [-0.2, 0) is 92.5 Å². The third-order valence-corrected chi connectivity index (χ3v) is 20.7. The predicted octanol–water partition coefficient (Wildman–Crippen LogP) is 25.0. The molecule has 120 heavy (non-hydrogen) atoms. The van der Waals surface area contributed by atoms with Crippen molar-refractivity contribution in [1.29, 1.82) is 0 Å². The molecule has 14 nitrogen and oxygen atoms in total. The normalized spacial score (nSPS) is 10.9. The van der Waals surface area contributed by atoms with E-state index in [9.17, 15) is 0 Å². The van der Waals surface area contributed by atoms with Crippen LogP contribution in [0, 0.1) is 7.14 Å². The highest BCUT2D eigenvalue weighted by Crippen LogP contribution is 2.37. The first-order valence-corrected chi connectivity index (χ1v) is 41.7. The molecule has 15 rings (SSSR count). The number of ether oxygens (including phenoxy) is 14. The van der Waals surface area contributed by atoms with Gasteiger partial charge in [-0.2, -0.15) is 0 Å². The lowest BCUT2D eigenvalue weighted by atomic mass is 10.2. The van der Waals surface area contributed by atoms with Gasteiger partial charge in [-0.3, -0.25) is 0 Å². The van der Waals surface area contributed by atoms with Crippen LogP contribution in [0.2, 0.25) is 0 Å². The molecule has 0 saturated heterocycles. The van der Waals surface area contributed by atoms with Crippen LogP contribution in [0.25, 0.3) is 0 Å². The van der Waals surface area contributed by atoms with E-state index in [0.717, 1.165) is 85.0 Å². The molecule has 0 atom stereocenters. The highest BCUT2D eigenvalue weighted by molar-refractivity contribution is 14.1. The summed E-state index contributed by atoms with van der Waals surface area (Å²) in [4.78, 5) is 0. The fourth-order valence-electron chi connectivity index (χ4n) is 12.9. The summed E-state index contributed by atoms with van der Waals surface area (Å²) in [6, 6.07) is 120. The van der Waals surface area contributed by atoms with Crippen molar-refractivity contribution in [3.05, 3.63) is 449 Å². The maximum atomic E-state index is 6.79. The second-order valence-electron chi connectivity index (χ2n) is 28.5. The van der Waals surface area contributed by atoms with Gasteiger partial charge < -0.3 is 66.3 Å². The van der Waals surface area contributed by atoms with Crippen molar-refractivity contribution in [2.75, 3.05) is 0 Å². The molecule has 15 aromatic carbocycles. The summed E-state index contributed by atoms with van der Waals surface area (Å²) >= 11 is 4.62. The van der Waals surface area contributed by atoms with E-state index in [0.29, 0.717) is 133 Å². The molecule has 15 aromatic rings. The predicted molar refractivity (Wildman–Crippen MR) is 483 cm³/mol. The molecule has 0 radical (unpaired) electrons. The SMILES string of the molecule is Ic1cc(OCc2cc(OCc3cc(OCc4ccccc4)cc(OCc4ccccc4)c3)cc(OCc3cc(OCc4ccccc4)cc(OCc4ccccc4)c3)c2)c(I)cc1OCc1cc(OCc2cc(OCc3ccccc3)cc(OCc3ccccc3)c2)cc(OCc2cc(OCc3ccccc3)cc(OCc3ccccc3)c2)c1. The summed E-state index contributed by atoms with van der Waals surface area (Å²) in [6.07, 6.45) is 0. The van der Waals surface area contributed by atoms with Gasteiger partial charge in [0.15, 0.2) is 0 Å². The minimum absolute atomic E-state index is 0.163. The molecule has 0 unspecified atom stereocenters. The summed E-state index contributed by atoms with van der Waals surface area (Å²) in [5.41, 5.74) is 13.3. The van der Waals surface area contributed by atoms with Crippen molar-refractivity contribution >= 4 is 45.2 Å². The van der Waals surface area contributed by atoms with E-state index >= 15 is 0 Å². The van der Waals surface area contributed by atoms with Gasteiger partial charge in [-0.25, -0.2) is 0 Å². The lowest BCUT2D eigenvalue weighted by molar-refractivity contribution is 0.271. The van der Waals surface area contributed by atoms with Crippen LogP contribution in [0.15, 0.2) is 364 Å². The van der Waals surface area contributed by atoms with E-state index in [1.54, 1.807) is 0 Å². The lowest BCUT2D eigenvalue weighted by Crippen LogP contribution is -2.05. The van der Waals surface area contributed by atoms with Crippen LogP contribution in [0.4, 0.5) is 0 Å². The quantitative estimate of drug-likeness (QED) is 0.0337. The van der Waals surface area contributed by atoms with Gasteiger partial charge >= 0.3 is 0 Å². The fraction of sp³-hybridized carbons (Fsp3) is 0.135. The Morgan fingerprint density at radius 3 is 0.375 bits per heavy atom. The zero-order chi connectivity index (χ0) is 81.5. The first-order chi connectivity index (χ1) is 59.1. The molecule has 0 bridgehead atoms. The molecule has 0 aliphatic carbocycles. The molecule has 0 heterocycles. The Morgan fingerprint density at radius 2 is 0.242 bits per heavy atom. The molecule has 0 amide bonds. The van der Waals surface area contributed by atoms with E-state index < -0.39 is 0 Å². The van der Waals surface area contributed by atoms with E-state index in [1.807, 2.05) is 364 Å². The molecule has 0 aliphatic rings. The molecule has 0 N–H and O–H groups in total. The smallest absolute Gasteiger partial charge is 0.134 e. The van der Waals surface area contributed by atoms with Crippen LogP contribution in [0.3, 0.4) is 0 Å². The number of benzene rings is 15. The fourth-order valence-corrected chi connectivity index (χ4v) is 14.1. The Labute approximate surface area is 727 Å². The van der Waals surface area contributed by atoms with Gasteiger partial charge in [0.05, 0.1) is 7.14 Å². The third-order valence-electron chi connectivity index (χ3n) is 19.0. The molecule has 602 valence electrons. The van der Waals surface area contributed by atoms with Crippen LogP contribution in [0.5, 0.6) is 80.5 Å². The largest absolute Gasteiger partial charge is 0.489 e. The summed E-state index contributed by atoms with van der Waals surface area (Å²) in [5.74, 6) is 8.74. The number of halogens is 2. The van der Waals surface area contributed by atoms with Gasteiger partial charge in [-0.1, -0.05) is 243 Å². The zero-order valence-electron chi connectivity index (χ0n) is 66.0. The van der Waals surface area contributed by atoms with Crippen LogP contribution in [-0.4, -0.2) is 0 Å². The van der Waals surface area contributed by atoms with Crippen molar-refractivity contribution in [3.8, 4) is 80.5 Å². The molecular formula is C104H88I2O14. The minimum atomic E-state index is 0.163. The number of hydrogen-bond acceptors (Lipinski definition) is 14. The molecule has 16 heteroatoms. The lowest BCUT2D eigenvalue weighted by Gasteiger charge is -2.17. The third kappa shape index (κ3) is 26.0. The Morgan fingerprint density at radius 1 is 0.125 bits per heavy atom. The Balaban J connectivity index is 0.684. The topological polar surface area (TPSA) is 129 Å². The molecular weight excluding hydrogens is 1730 g/mol. The monoisotopic (exact) mass is 1810 g/mol. The van der Waals surface area contributed by atoms with Gasteiger partial charge in [0.2, 0.25) is 0 Å². The summed E-state index contributed by atoms with van der Waals surface area (Å²) in [7, 11) is 0. The van der Waals surface area contributed by atoms with E-state index in [4.69, 9.17) is 66.3 Å². The highest BCUT2D eigenvalue weighted by atomic mass is 127. The van der Waals surface area contributed by atoms with E-state index in [-0.39, 0.29) is 39.6 Å². The van der Waals surface area contributed by atoms with Gasteiger partial charge in [0, 0.05) is 36.4 Å². The summed E-state index contributed by atoms with van der Waals surface area (Å²) in [6.45, 7) is 4.07. The van der Waals surface area contributed by atoms with E-state index in [2.05, 4.69) is 45.2 Å². The number of rotatable bonds is 42. The van der Waals surface area contributed by atoms with Gasteiger partial charge in [-0.15, -0.1) is 0 Å². The molecule has 0 aliphatic heterocycles. The standard InChI is InChI=1S/C104H88I2O14/c105-101-60-104(120-74-88-51-99(117-71-85-45-93(111-65-79-33-17-5-18-34-79)55-94(46-85)112-66-80-35-19-6-20-36-80)58-100(52-88)118-72-86-47-95(113-67-81-37-21-7-22-38-81)56-96(48-86)114-68-82-39-23-8-24-40-82)102(106)59-103(101)119-73-87-49-97(115-69-83-41-89(107-61-75-25-9-1-10-26-75)53-90(42-83)108-62-76-27-11-2-12-28-76)57-98(50-87)116-70-84-43-91(109-63-77-29-13-3-14-30-77)54-92(44-84)110-64-78-31-15-4-16-32-78/h1-60H,61-74H2. The maximum Gasteiger partial charge on any atom is 0.134 e. The first-order valence-electron chi connectivity index (χ1n) is 39.6. The minimum Gasteiger partial charge on any atom is -0.489 e. The molecule has 0 spiro atoms. The Kier molecular flexibility index (Phi) is 29.3. The van der Waals surface area contributed by atoms with Crippen LogP contribution >= 0.6 is 45.2 Å². The van der Waals surface area contributed by atoms with Crippen molar-refractivity contribution in [1.82, 2.24) is 0 Å². The van der Waals surface area contributed by atoms with E-state index in [1.165, 1.54) is 0 Å². The Bertz CT molecular complexity index is 4810. The van der Waals surface area contributed by atoms with Crippen LogP contribution < -0.4 is 66.3 Å². The summed E-state index contributed by atoms with van der Waals surface area (Å²) < 4.78 is 93.6. The molecule has 0 fully saturated rings. The van der Waals surface area contributed by atoms with Crippen molar-refractivity contribution in [2.45, 2.75) is 92.5 Å². The highest BCUT2D eigenvalue weighted by Gasteiger charge is 2.18. The maximum absolute atomic E-state index is 6.79. The average Bonchev–Trinajstić information content (AvgIpc) is 0.830. The molecule has 0 saturated carbocycles. The Hall–Kier alpha value is -13.0. The second kappa shape index (κ2) is 42.9. The second-order valence-corrected chi connectivity index (χ2v) is 30.8. The zero-order valence-corrected chi connectivity index (χ0v) is 70.3.